The van der Waals surface area contributed by atoms with Gasteiger partial charge in [0.1, 0.15) is 11.4 Å². The zero-order chi connectivity index (χ0) is 10.3. The van der Waals surface area contributed by atoms with Gasteiger partial charge in [-0.2, -0.15) is 5.10 Å². The standard InChI is InChI=1S/C10H16N2O/c1-6-11-12-8-7-9(2)13-10(3,4)5/h6-7H,2H2,1,3-5H3/b11-6-. The van der Waals surface area contributed by atoms with E-state index in [9.17, 15) is 0 Å². The van der Waals surface area contributed by atoms with Crippen molar-refractivity contribution in [1.82, 2.24) is 0 Å². The fourth-order valence-electron chi connectivity index (χ4n) is 0.615. The third kappa shape index (κ3) is 8.57. The van der Waals surface area contributed by atoms with Crippen LogP contribution >= 0.6 is 0 Å². The zero-order valence-electron chi connectivity index (χ0n) is 8.66. The highest BCUT2D eigenvalue weighted by Gasteiger charge is 2.10. The van der Waals surface area contributed by atoms with Crippen molar-refractivity contribution in [2.24, 2.45) is 10.2 Å². The molecular formula is C10H16N2O. The predicted octanol–water partition coefficient (Wildman–Crippen LogP) is 2.55. The molecule has 0 heterocycles. The highest BCUT2D eigenvalue weighted by molar-refractivity contribution is 5.58. The van der Waals surface area contributed by atoms with E-state index in [0.29, 0.717) is 5.76 Å². The molecule has 0 aromatic heterocycles. The molecule has 72 valence electrons. The topological polar surface area (TPSA) is 34.0 Å². The summed E-state index contributed by atoms with van der Waals surface area (Å²) in [5.74, 6) is 3.12. The summed E-state index contributed by atoms with van der Waals surface area (Å²) in [4.78, 5) is 0. The molecule has 3 heteroatoms. The molecule has 0 saturated heterocycles. The van der Waals surface area contributed by atoms with E-state index >= 15 is 0 Å². The van der Waals surface area contributed by atoms with E-state index in [4.69, 9.17) is 4.74 Å². The number of nitrogens with zero attached hydrogens (tertiary/aromatic N) is 2. The lowest BCUT2D eigenvalue weighted by atomic mass is 10.2. The van der Waals surface area contributed by atoms with Crippen LogP contribution in [0.1, 0.15) is 27.7 Å². The Kier molecular flexibility index (Phi) is 4.78. The Labute approximate surface area is 79.5 Å². The summed E-state index contributed by atoms with van der Waals surface area (Å²) < 4.78 is 5.39. The number of hydrogen-bond acceptors (Lipinski definition) is 3. The number of rotatable bonds is 3. The van der Waals surface area contributed by atoms with Gasteiger partial charge >= 0.3 is 0 Å². The van der Waals surface area contributed by atoms with E-state index in [1.807, 2.05) is 20.8 Å². The van der Waals surface area contributed by atoms with Crippen LogP contribution in [0.5, 0.6) is 0 Å². The summed E-state index contributed by atoms with van der Waals surface area (Å²) in [5, 5.41) is 7.18. The Hall–Kier alpha value is -1.34. The van der Waals surface area contributed by atoms with Gasteiger partial charge in [-0.3, -0.25) is 0 Å². The predicted molar refractivity (Wildman–Crippen MR) is 56.1 cm³/mol. The average molecular weight is 180 g/mol. The smallest absolute Gasteiger partial charge is 0.122 e. The second kappa shape index (κ2) is 5.33. The van der Waals surface area contributed by atoms with E-state index in [0.717, 1.165) is 0 Å². The number of ether oxygens (including phenoxy) is 1. The van der Waals surface area contributed by atoms with Gasteiger partial charge < -0.3 is 4.74 Å². The molecule has 0 amide bonds. The highest BCUT2D eigenvalue weighted by Crippen LogP contribution is 2.11. The van der Waals surface area contributed by atoms with Crippen LogP contribution in [-0.2, 0) is 4.74 Å². The Morgan fingerprint density at radius 3 is 2.54 bits per heavy atom. The summed E-state index contributed by atoms with van der Waals surface area (Å²) in [7, 11) is 0. The fraction of sp³-hybridized carbons (Fsp3) is 0.500. The van der Waals surface area contributed by atoms with Gasteiger partial charge in [0, 0.05) is 18.2 Å². The first-order chi connectivity index (χ1) is 5.95. The van der Waals surface area contributed by atoms with E-state index in [1.54, 1.807) is 19.2 Å². The van der Waals surface area contributed by atoms with Crippen molar-refractivity contribution in [3.05, 3.63) is 18.4 Å². The first-order valence-corrected chi connectivity index (χ1v) is 4.10. The fourth-order valence-corrected chi connectivity index (χ4v) is 0.615. The minimum atomic E-state index is -0.233. The molecular weight excluding hydrogens is 164 g/mol. The van der Waals surface area contributed by atoms with Crippen molar-refractivity contribution < 1.29 is 4.74 Å². The second-order valence-electron chi connectivity index (χ2n) is 3.43. The molecule has 0 aliphatic carbocycles. The van der Waals surface area contributed by atoms with E-state index in [1.165, 1.54) is 0 Å². The van der Waals surface area contributed by atoms with Crippen LogP contribution in [0, 0.1) is 0 Å². The van der Waals surface area contributed by atoms with Gasteiger partial charge in [-0.1, -0.05) is 6.58 Å². The molecule has 0 unspecified atom stereocenters. The normalized spacial score (nSPS) is 10.8. The lowest BCUT2D eigenvalue weighted by molar-refractivity contribution is 0.0612. The van der Waals surface area contributed by atoms with Crippen LogP contribution in [0.25, 0.3) is 0 Å². The van der Waals surface area contributed by atoms with Gasteiger partial charge in [-0.25, -0.2) is 0 Å². The summed E-state index contributed by atoms with van der Waals surface area (Å²) >= 11 is 0. The summed E-state index contributed by atoms with van der Waals surface area (Å²) in [5.41, 5.74) is -0.233. The molecule has 0 aromatic carbocycles. The van der Waals surface area contributed by atoms with Gasteiger partial charge in [-0.05, 0) is 27.7 Å². The van der Waals surface area contributed by atoms with Gasteiger partial charge in [0.2, 0.25) is 0 Å². The molecule has 0 fully saturated rings. The quantitative estimate of drug-likeness (QED) is 0.284. The van der Waals surface area contributed by atoms with Crippen molar-refractivity contribution in [1.29, 1.82) is 0 Å². The van der Waals surface area contributed by atoms with Crippen LogP contribution in [0.4, 0.5) is 0 Å². The van der Waals surface area contributed by atoms with Gasteiger partial charge in [-0.15, -0.1) is 5.10 Å². The van der Waals surface area contributed by atoms with Crippen molar-refractivity contribution >= 4 is 12.1 Å². The summed E-state index contributed by atoms with van der Waals surface area (Å²) in [6.45, 7) is 11.3. The Bertz CT molecular complexity index is 253. The third-order valence-electron chi connectivity index (χ3n) is 0.894. The number of allylic oxidation sites excluding steroid dienone is 1. The zero-order valence-corrected chi connectivity index (χ0v) is 8.66. The van der Waals surface area contributed by atoms with Crippen molar-refractivity contribution in [3.63, 3.8) is 0 Å². The minimum absolute atomic E-state index is 0.233. The molecule has 0 radical (unpaired) electrons. The minimum Gasteiger partial charge on any atom is -0.488 e. The lowest BCUT2D eigenvalue weighted by Gasteiger charge is -2.20. The van der Waals surface area contributed by atoms with E-state index < -0.39 is 0 Å². The third-order valence-corrected chi connectivity index (χ3v) is 0.894. The van der Waals surface area contributed by atoms with Crippen LogP contribution in [0.2, 0.25) is 0 Å². The number of hydrogen-bond donors (Lipinski definition) is 0. The van der Waals surface area contributed by atoms with Crippen molar-refractivity contribution in [3.8, 4) is 0 Å². The Balaban J connectivity index is 4.09. The molecule has 3 nitrogen and oxygen atoms in total. The Morgan fingerprint density at radius 2 is 2.08 bits per heavy atom. The van der Waals surface area contributed by atoms with Crippen LogP contribution < -0.4 is 0 Å². The summed E-state index contributed by atoms with van der Waals surface area (Å²) in [6, 6.07) is 0. The van der Waals surface area contributed by atoms with Crippen LogP contribution in [0.3, 0.4) is 0 Å². The SMILES string of the molecule is C=C(C=C=N/N=C\C)OC(C)(C)C. The maximum atomic E-state index is 5.39. The maximum Gasteiger partial charge on any atom is 0.122 e. The maximum absolute atomic E-state index is 5.39. The molecule has 0 aromatic rings. The second-order valence-corrected chi connectivity index (χ2v) is 3.43. The molecule has 0 bridgehead atoms. The van der Waals surface area contributed by atoms with Gasteiger partial charge in [0.25, 0.3) is 0 Å². The summed E-state index contributed by atoms with van der Waals surface area (Å²) in [6.07, 6.45) is 3.13. The molecule has 13 heavy (non-hydrogen) atoms. The monoisotopic (exact) mass is 180 g/mol. The average Bonchev–Trinajstić information content (AvgIpc) is 1.94. The van der Waals surface area contributed by atoms with Gasteiger partial charge in [0.15, 0.2) is 0 Å². The first kappa shape index (κ1) is 11.7. The largest absolute Gasteiger partial charge is 0.488 e. The Morgan fingerprint density at radius 1 is 1.46 bits per heavy atom. The molecule has 0 aliphatic heterocycles. The molecule has 0 rings (SSSR count). The van der Waals surface area contributed by atoms with Crippen molar-refractivity contribution in [2.45, 2.75) is 33.3 Å². The molecule has 0 aliphatic rings. The molecule has 0 spiro atoms. The molecule has 0 atom stereocenters. The highest BCUT2D eigenvalue weighted by atomic mass is 16.5. The van der Waals surface area contributed by atoms with Crippen LogP contribution in [0.15, 0.2) is 28.6 Å². The van der Waals surface area contributed by atoms with E-state index in [2.05, 4.69) is 22.7 Å². The first-order valence-electron chi connectivity index (χ1n) is 4.10. The van der Waals surface area contributed by atoms with E-state index in [-0.39, 0.29) is 5.60 Å². The lowest BCUT2D eigenvalue weighted by Crippen LogP contribution is -2.17. The van der Waals surface area contributed by atoms with Crippen molar-refractivity contribution in [2.75, 3.05) is 0 Å². The molecule has 0 saturated carbocycles. The molecule has 0 N–H and O–H groups in total. The van der Waals surface area contributed by atoms with Gasteiger partial charge in [0.05, 0.1) is 0 Å². The van der Waals surface area contributed by atoms with Crippen LogP contribution in [-0.4, -0.2) is 17.7 Å².